The summed E-state index contributed by atoms with van der Waals surface area (Å²) in [7, 11) is 0. The molecule has 0 unspecified atom stereocenters. The molecule has 0 spiro atoms. The van der Waals surface area contributed by atoms with Crippen molar-refractivity contribution in [3.05, 3.63) is 59.4 Å². The van der Waals surface area contributed by atoms with Crippen LogP contribution in [0.2, 0.25) is 0 Å². The second-order valence-corrected chi connectivity index (χ2v) is 5.96. The van der Waals surface area contributed by atoms with Crippen LogP contribution in [0.25, 0.3) is 0 Å². The summed E-state index contributed by atoms with van der Waals surface area (Å²) < 4.78 is 18.2. The van der Waals surface area contributed by atoms with Crippen LogP contribution < -0.4 is 10.1 Å². The van der Waals surface area contributed by atoms with Gasteiger partial charge in [-0.1, -0.05) is 6.07 Å². The van der Waals surface area contributed by atoms with E-state index >= 15 is 0 Å². The fraction of sp³-hybridized carbons (Fsp3) is 0.263. The van der Waals surface area contributed by atoms with Gasteiger partial charge in [0.1, 0.15) is 11.6 Å². The first-order valence-electron chi connectivity index (χ1n) is 8.07. The van der Waals surface area contributed by atoms with Crippen molar-refractivity contribution in [1.29, 1.82) is 0 Å². The van der Waals surface area contributed by atoms with Gasteiger partial charge in [-0.15, -0.1) is 0 Å². The summed E-state index contributed by atoms with van der Waals surface area (Å²) in [5.74, 6) is -0.180. The quantitative estimate of drug-likeness (QED) is 0.929. The number of hydrogen-bond donors (Lipinski definition) is 1. The van der Waals surface area contributed by atoms with Crippen molar-refractivity contribution in [2.75, 3.05) is 18.5 Å². The van der Waals surface area contributed by atoms with Gasteiger partial charge < -0.3 is 15.0 Å². The molecule has 0 fully saturated rings. The molecular weight excluding hydrogens is 323 g/mol. The molecule has 0 saturated carbocycles. The van der Waals surface area contributed by atoms with Crippen molar-refractivity contribution < 1.29 is 18.7 Å². The molecular formula is C19H19FN2O3. The third-order valence-corrected chi connectivity index (χ3v) is 4.13. The third-order valence-electron chi connectivity index (χ3n) is 4.13. The number of fused-ring (bicyclic) bond motifs is 1. The fourth-order valence-electron chi connectivity index (χ4n) is 2.78. The number of ether oxygens (including phenoxy) is 1. The molecule has 2 aromatic carbocycles. The van der Waals surface area contributed by atoms with E-state index in [2.05, 4.69) is 5.32 Å². The Kier molecular flexibility index (Phi) is 4.97. The van der Waals surface area contributed by atoms with Crippen LogP contribution >= 0.6 is 0 Å². The Labute approximate surface area is 145 Å². The van der Waals surface area contributed by atoms with E-state index in [0.29, 0.717) is 18.0 Å². The topological polar surface area (TPSA) is 58.6 Å². The van der Waals surface area contributed by atoms with Crippen LogP contribution in [0.3, 0.4) is 0 Å². The van der Waals surface area contributed by atoms with Crippen molar-refractivity contribution in [3.8, 4) is 5.75 Å². The van der Waals surface area contributed by atoms with Crippen LogP contribution in [-0.4, -0.2) is 29.9 Å². The molecule has 25 heavy (non-hydrogen) atoms. The highest BCUT2D eigenvalue weighted by Gasteiger charge is 2.18. The zero-order valence-electron chi connectivity index (χ0n) is 13.9. The third kappa shape index (κ3) is 4.35. The van der Waals surface area contributed by atoms with E-state index in [-0.39, 0.29) is 24.2 Å². The summed E-state index contributed by atoms with van der Waals surface area (Å²) in [5, 5.41) is 2.78. The zero-order valence-corrected chi connectivity index (χ0v) is 13.9. The lowest BCUT2D eigenvalue weighted by Gasteiger charge is -2.28. The van der Waals surface area contributed by atoms with E-state index in [9.17, 15) is 14.0 Å². The van der Waals surface area contributed by atoms with Crippen LogP contribution in [0, 0.1) is 5.82 Å². The first-order valence-corrected chi connectivity index (χ1v) is 8.07. The zero-order chi connectivity index (χ0) is 17.8. The second kappa shape index (κ2) is 7.34. The second-order valence-electron chi connectivity index (χ2n) is 5.96. The normalized spacial score (nSPS) is 13.1. The van der Waals surface area contributed by atoms with E-state index in [0.717, 1.165) is 18.5 Å². The number of carbonyl (C=O) groups is 2. The monoisotopic (exact) mass is 342 g/mol. The van der Waals surface area contributed by atoms with Crippen LogP contribution in [-0.2, 0) is 22.6 Å². The largest absolute Gasteiger partial charge is 0.484 e. The number of nitrogens with zero attached hydrogens (tertiary/aromatic N) is 1. The van der Waals surface area contributed by atoms with E-state index in [1.807, 2.05) is 18.2 Å². The molecule has 1 heterocycles. The number of amides is 2. The molecule has 3 rings (SSSR count). The van der Waals surface area contributed by atoms with Gasteiger partial charge in [0, 0.05) is 25.7 Å². The maximum atomic E-state index is 12.8. The Morgan fingerprint density at radius 2 is 1.92 bits per heavy atom. The SMILES string of the molecule is CC(=O)N1CCc2ccc(NC(=O)COc3ccc(F)cc3)cc2C1. The van der Waals surface area contributed by atoms with Crippen molar-refractivity contribution in [2.24, 2.45) is 0 Å². The Balaban J connectivity index is 1.59. The van der Waals surface area contributed by atoms with Gasteiger partial charge in [-0.25, -0.2) is 4.39 Å². The van der Waals surface area contributed by atoms with E-state index in [1.165, 1.54) is 29.8 Å². The predicted molar refractivity (Wildman–Crippen MR) is 91.8 cm³/mol. The predicted octanol–water partition coefficient (Wildman–Crippen LogP) is 2.75. The number of rotatable bonds is 4. The Hall–Kier alpha value is -2.89. The van der Waals surface area contributed by atoms with Crippen molar-refractivity contribution in [1.82, 2.24) is 4.90 Å². The summed E-state index contributed by atoms with van der Waals surface area (Å²) >= 11 is 0. The molecule has 2 aromatic rings. The molecule has 6 heteroatoms. The minimum atomic E-state index is -0.356. The Bertz CT molecular complexity index is 790. The number of benzene rings is 2. The summed E-state index contributed by atoms with van der Waals surface area (Å²) in [6.45, 7) is 2.67. The number of hydrogen-bond acceptors (Lipinski definition) is 3. The molecule has 0 aliphatic carbocycles. The highest BCUT2D eigenvalue weighted by atomic mass is 19.1. The smallest absolute Gasteiger partial charge is 0.262 e. The highest BCUT2D eigenvalue weighted by Crippen LogP contribution is 2.23. The lowest BCUT2D eigenvalue weighted by molar-refractivity contribution is -0.129. The maximum absolute atomic E-state index is 12.8. The summed E-state index contributed by atoms with van der Waals surface area (Å²) in [5.41, 5.74) is 2.90. The van der Waals surface area contributed by atoms with Gasteiger partial charge in [0.25, 0.3) is 5.91 Å². The number of nitrogens with one attached hydrogen (secondary N) is 1. The fourth-order valence-corrected chi connectivity index (χ4v) is 2.78. The standard InChI is InChI=1S/C19H19FN2O3/c1-13(23)22-9-8-14-2-5-17(10-15(14)11-22)21-19(24)12-25-18-6-3-16(20)4-7-18/h2-7,10H,8-9,11-12H2,1H3,(H,21,24). The van der Waals surface area contributed by atoms with Crippen LogP contribution in [0.1, 0.15) is 18.1 Å². The van der Waals surface area contributed by atoms with Gasteiger partial charge in [-0.2, -0.15) is 0 Å². The van der Waals surface area contributed by atoms with Gasteiger partial charge in [-0.05, 0) is 53.9 Å². The molecule has 0 saturated heterocycles. The van der Waals surface area contributed by atoms with E-state index < -0.39 is 0 Å². The summed E-state index contributed by atoms with van der Waals surface area (Å²) in [4.78, 5) is 25.3. The summed E-state index contributed by atoms with van der Waals surface area (Å²) in [6, 6.07) is 11.2. The molecule has 0 bridgehead atoms. The van der Waals surface area contributed by atoms with Gasteiger partial charge in [-0.3, -0.25) is 9.59 Å². The van der Waals surface area contributed by atoms with Crippen LogP contribution in [0.15, 0.2) is 42.5 Å². The van der Waals surface area contributed by atoms with Gasteiger partial charge in [0.15, 0.2) is 6.61 Å². The molecule has 1 N–H and O–H groups in total. The Morgan fingerprint density at radius 1 is 1.16 bits per heavy atom. The minimum absolute atomic E-state index is 0.0489. The highest BCUT2D eigenvalue weighted by molar-refractivity contribution is 5.92. The lowest BCUT2D eigenvalue weighted by atomic mass is 9.99. The molecule has 0 radical (unpaired) electrons. The van der Waals surface area contributed by atoms with Crippen molar-refractivity contribution in [2.45, 2.75) is 19.9 Å². The minimum Gasteiger partial charge on any atom is -0.484 e. The first-order chi connectivity index (χ1) is 12.0. The molecule has 0 atom stereocenters. The van der Waals surface area contributed by atoms with Crippen LogP contribution in [0.4, 0.5) is 10.1 Å². The average Bonchev–Trinajstić information content (AvgIpc) is 2.60. The molecule has 130 valence electrons. The van der Waals surface area contributed by atoms with Gasteiger partial charge in [0.05, 0.1) is 0 Å². The molecule has 2 amide bonds. The molecule has 1 aliphatic heterocycles. The van der Waals surface area contributed by atoms with Gasteiger partial charge >= 0.3 is 0 Å². The van der Waals surface area contributed by atoms with E-state index in [4.69, 9.17) is 4.74 Å². The summed E-state index contributed by atoms with van der Waals surface area (Å²) in [6.07, 6.45) is 0.816. The van der Waals surface area contributed by atoms with Crippen molar-refractivity contribution >= 4 is 17.5 Å². The number of carbonyl (C=O) groups excluding carboxylic acids is 2. The first kappa shape index (κ1) is 17.0. The van der Waals surface area contributed by atoms with Gasteiger partial charge in [0.2, 0.25) is 5.91 Å². The Morgan fingerprint density at radius 3 is 2.64 bits per heavy atom. The lowest BCUT2D eigenvalue weighted by Crippen LogP contribution is -2.34. The number of halogens is 1. The maximum Gasteiger partial charge on any atom is 0.262 e. The molecule has 1 aliphatic rings. The number of anilines is 1. The average molecular weight is 342 g/mol. The molecule has 0 aromatic heterocycles. The van der Waals surface area contributed by atoms with Crippen LogP contribution in [0.5, 0.6) is 5.75 Å². The van der Waals surface area contributed by atoms with Crippen molar-refractivity contribution in [3.63, 3.8) is 0 Å². The molecule has 5 nitrogen and oxygen atoms in total. The van der Waals surface area contributed by atoms with E-state index in [1.54, 1.807) is 11.8 Å².